The van der Waals surface area contributed by atoms with Gasteiger partial charge in [-0.2, -0.15) is 0 Å². The molecule has 1 N–H and O–H groups in total. The molecule has 3 aromatic heterocycles. The van der Waals surface area contributed by atoms with Crippen LogP contribution in [0.3, 0.4) is 0 Å². The molecule has 8 rings (SSSR count). The van der Waals surface area contributed by atoms with Gasteiger partial charge in [-0.15, -0.1) is 29.8 Å². The van der Waals surface area contributed by atoms with E-state index in [1.807, 2.05) is 108 Å². The first-order valence-corrected chi connectivity index (χ1v) is 14.5. The average molecular weight is 778 g/mol. The molecule has 0 aliphatic heterocycles. The number of phenolic OH excluding ortho intramolecular Hbond substituents is 1. The molecule has 8 heteroatoms. The van der Waals surface area contributed by atoms with Gasteiger partial charge in [0.05, 0.1) is 17.1 Å². The van der Waals surface area contributed by atoms with Crippen molar-refractivity contribution < 1.29 is 30.6 Å². The summed E-state index contributed by atoms with van der Waals surface area (Å²) in [7, 11) is 0. The first-order valence-electron chi connectivity index (χ1n) is 14.5. The fourth-order valence-electron chi connectivity index (χ4n) is 5.48. The van der Waals surface area contributed by atoms with Crippen LogP contribution in [0.2, 0.25) is 0 Å². The quantitative estimate of drug-likeness (QED) is 0.169. The maximum atomic E-state index is 10.7. The van der Waals surface area contributed by atoms with Crippen LogP contribution in [0.25, 0.3) is 56.1 Å². The molecule has 0 amide bonds. The number of pyridine rings is 1. The number of para-hydroxylation sites is 3. The van der Waals surface area contributed by atoms with Gasteiger partial charge in [0.2, 0.25) is 0 Å². The van der Waals surface area contributed by atoms with E-state index in [0.717, 1.165) is 38.9 Å². The van der Waals surface area contributed by atoms with Crippen LogP contribution in [0.1, 0.15) is 0 Å². The normalized spacial score (nSPS) is 11.0. The third kappa shape index (κ3) is 5.31. The number of aromatic nitrogens is 4. The number of furan rings is 1. The molecule has 224 valence electrons. The molecule has 0 atom stereocenters. The van der Waals surface area contributed by atoms with Crippen molar-refractivity contribution in [3.8, 4) is 39.9 Å². The Morgan fingerprint density at radius 1 is 0.609 bits per heavy atom. The summed E-state index contributed by atoms with van der Waals surface area (Å²) in [6.45, 7) is 0. The molecule has 7 nitrogen and oxygen atoms in total. The third-order valence-corrected chi connectivity index (χ3v) is 7.58. The summed E-state index contributed by atoms with van der Waals surface area (Å²) in [5.41, 5.74) is 5.12. The van der Waals surface area contributed by atoms with E-state index >= 15 is 0 Å². The smallest absolute Gasteiger partial charge is 0.159 e. The molecule has 0 aliphatic carbocycles. The van der Waals surface area contributed by atoms with Crippen LogP contribution in [0, 0.1) is 6.07 Å². The van der Waals surface area contributed by atoms with E-state index in [4.69, 9.17) is 24.4 Å². The van der Waals surface area contributed by atoms with E-state index in [1.165, 1.54) is 0 Å². The van der Waals surface area contributed by atoms with Crippen molar-refractivity contribution in [2.24, 2.45) is 0 Å². The van der Waals surface area contributed by atoms with Crippen LogP contribution in [0.4, 0.5) is 17.2 Å². The predicted octanol–water partition coefficient (Wildman–Crippen LogP) is 9.14. The van der Waals surface area contributed by atoms with Crippen LogP contribution in [0.15, 0.2) is 144 Å². The zero-order chi connectivity index (χ0) is 30.2. The standard InChI is InChI=1S/C38H24N5O2.Pt/c44-32-20-6-4-17-30(32)38-41-36(25-12-2-1-3-13-25)40-37(42-38)26-14-10-15-27(24-26)43(34-22-8-9-23-39-34)31-19-11-18-29-28-16-5-7-21-33(28)45-35(29)31;/h1-23,44H;/q-1;. The van der Waals surface area contributed by atoms with E-state index in [0.29, 0.717) is 34.4 Å². The van der Waals surface area contributed by atoms with Crippen molar-refractivity contribution in [2.75, 3.05) is 4.90 Å². The van der Waals surface area contributed by atoms with Crippen LogP contribution in [0.5, 0.6) is 5.75 Å². The van der Waals surface area contributed by atoms with Crippen molar-refractivity contribution in [1.82, 2.24) is 19.9 Å². The summed E-state index contributed by atoms with van der Waals surface area (Å²) >= 11 is 0. The van der Waals surface area contributed by atoms with E-state index < -0.39 is 0 Å². The summed E-state index contributed by atoms with van der Waals surface area (Å²) in [6.07, 6.45) is 1.77. The predicted molar refractivity (Wildman–Crippen MR) is 176 cm³/mol. The zero-order valence-electron chi connectivity index (χ0n) is 24.2. The minimum Gasteiger partial charge on any atom is -0.507 e. The molecule has 0 radical (unpaired) electrons. The number of phenols is 1. The van der Waals surface area contributed by atoms with Crippen molar-refractivity contribution in [3.05, 3.63) is 146 Å². The molecule has 0 bridgehead atoms. The van der Waals surface area contributed by atoms with Crippen LogP contribution < -0.4 is 4.90 Å². The molecule has 0 fully saturated rings. The summed E-state index contributed by atoms with van der Waals surface area (Å²) < 4.78 is 6.42. The van der Waals surface area contributed by atoms with Crippen LogP contribution in [-0.2, 0) is 21.1 Å². The number of hydrogen-bond acceptors (Lipinski definition) is 7. The molecule has 46 heavy (non-hydrogen) atoms. The van der Waals surface area contributed by atoms with Gasteiger partial charge in [0.1, 0.15) is 17.2 Å². The number of fused-ring (bicyclic) bond motifs is 3. The van der Waals surface area contributed by atoms with Crippen LogP contribution in [-0.4, -0.2) is 25.0 Å². The minimum absolute atomic E-state index is 0. The second kappa shape index (κ2) is 12.4. The monoisotopic (exact) mass is 777 g/mol. The van der Waals surface area contributed by atoms with Gasteiger partial charge in [-0.25, -0.2) is 9.97 Å². The van der Waals surface area contributed by atoms with Crippen molar-refractivity contribution >= 4 is 39.1 Å². The fraction of sp³-hybridized carbons (Fsp3) is 0. The summed E-state index contributed by atoms with van der Waals surface area (Å²) in [4.78, 5) is 21.2. The number of anilines is 3. The summed E-state index contributed by atoms with van der Waals surface area (Å²) in [5, 5.41) is 12.7. The minimum atomic E-state index is 0. The van der Waals surface area contributed by atoms with Crippen molar-refractivity contribution in [2.45, 2.75) is 0 Å². The maximum Gasteiger partial charge on any atom is 0.159 e. The molecule has 0 saturated heterocycles. The van der Waals surface area contributed by atoms with Gasteiger partial charge in [0.25, 0.3) is 0 Å². The fourth-order valence-corrected chi connectivity index (χ4v) is 5.48. The molecule has 0 unspecified atom stereocenters. The first kappa shape index (κ1) is 29.1. The van der Waals surface area contributed by atoms with Gasteiger partial charge in [-0.05, 0) is 42.1 Å². The van der Waals surface area contributed by atoms with Crippen molar-refractivity contribution in [3.63, 3.8) is 0 Å². The second-order valence-corrected chi connectivity index (χ2v) is 10.4. The van der Waals surface area contributed by atoms with Gasteiger partial charge in [0, 0.05) is 43.6 Å². The maximum absolute atomic E-state index is 10.7. The molecular formula is C38H24N5O2Pt-. The Balaban J connectivity index is 0.00000338. The molecule has 0 aliphatic rings. The molecule has 5 aromatic carbocycles. The van der Waals surface area contributed by atoms with Gasteiger partial charge in [-0.1, -0.05) is 78.9 Å². The van der Waals surface area contributed by atoms with E-state index in [9.17, 15) is 5.11 Å². The van der Waals surface area contributed by atoms with E-state index in [2.05, 4.69) is 18.2 Å². The van der Waals surface area contributed by atoms with Crippen LogP contribution >= 0.6 is 0 Å². The number of hydrogen-bond donors (Lipinski definition) is 1. The van der Waals surface area contributed by atoms with Gasteiger partial charge in [0.15, 0.2) is 17.2 Å². The SMILES string of the molecule is Oc1ccccc1-c1nc(-c2[c-]c(N(c3ccccn3)c3cccc4c3oc3ccccc34)ccc2)nc(-c2ccccc2)n1.[Pt]. The van der Waals surface area contributed by atoms with Gasteiger partial charge >= 0.3 is 0 Å². The Morgan fingerprint density at radius 2 is 1.33 bits per heavy atom. The number of nitrogens with zero attached hydrogens (tertiary/aromatic N) is 5. The van der Waals surface area contributed by atoms with Gasteiger partial charge in [-0.3, -0.25) is 9.97 Å². The van der Waals surface area contributed by atoms with Gasteiger partial charge < -0.3 is 14.4 Å². The summed E-state index contributed by atoms with van der Waals surface area (Å²) in [6, 6.07) is 46.1. The van der Waals surface area contributed by atoms with Crippen molar-refractivity contribution in [1.29, 1.82) is 0 Å². The van der Waals surface area contributed by atoms with E-state index in [-0.39, 0.29) is 26.8 Å². The van der Waals surface area contributed by atoms with E-state index in [1.54, 1.807) is 24.4 Å². The largest absolute Gasteiger partial charge is 0.507 e. The summed E-state index contributed by atoms with van der Waals surface area (Å²) in [5.74, 6) is 2.07. The molecule has 8 aromatic rings. The molecular weight excluding hydrogens is 754 g/mol. The Hall–Kier alpha value is -5.65. The zero-order valence-corrected chi connectivity index (χ0v) is 26.5. The Morgan fingerprint density at radius 3 is 2.17 bits per heavy atom. The Labute approximate surface area is 279 Å². The second-order valence-electron chi connectivity index (χ2n) is 10.4. The number of benzene rings is 5. The topological polar surface area (TPSA) is 88.2 Å². The number of aromatic hydroxyl groups is 1. The molecule has 0 saturated carbocycles. The third-order valence-electron chi connectivity index (χ3n) is 7.58. The molecule has 0 spiro atoms. The first-order chi connectivity index (χ1) is 22.2. The Kier molecular flexibility index (Phi) is 7.83. The average Bonchev–Trinajstić information content (AvgIpc) is 3.49. The Bertz CT molecular complexity index is 2310. The number of rotatable bonds is 6. The molecule has 3 heterocycles.